The first kappa shape index (κ1) is 21.2. The van der Waals surface area contributed by atoms with Gasteiger partial charge in [0.05, 0.1) is 0 Å². The van der Waals surface area contributed by atoms with Crippen molar-refractivity contribution in [1.29, 1.82) is 0 Å². The molecule has 142 valence electrons. The van der Waals surface area contributed by atoms with Gasteiger partial charge in [-0.2, -0.15) is 0 Å². The summed E-state index contributed by atoms with van der Waals surface area (Å²) in [4.78, 5) is 9.81. The first-order chi connectivity index (χ1) is 11.5. The highest BCUT2D eigenvalue weighted by atomic mass is 15.2. The molecule has 1 aliphatic heterocycles. The Morgan fingerprint density at radius 3 is 2.29 bits per heavy atom. The van der Waals surface area contributed by atoms with Crippen LogP contribution in [0.5, 0.6) is 0 Å². The Labute approximate surface area is 150 Å². The number of guanidine groups is 1. The van der Waals surface area contributed by atoms with Gasteiger partial charge in [-0.05, 0) is 79.9 Å². The number of rotatable bonds is 11. The van der Waals surface area contributed by atoms with Crippen molar-refractivity contribution in [1.82, 2.24) is 20.4 Å². The van der Waals surface area contributed by atoms with Crippen LogP contribution in [-0.2, 0) is 0 Å². The van der Waals surface area contributed by atoms with Crippen LogP contribution in [0.3, 0.4) is 0 Å². The normalized spacial score (nSPS) is 16.6. The molecule has 1 heterocycles. The van der Waals surface area contributed by atoms with Crippen LogP contribution < -0.4 is 10.6 Å². The van der Waals surface area contributed by atoms with Crippen LogP contribution in [0.1, 0.15) is 60.3 Å². The summed E-state index contributed by atoms with van der Waals surface area (Å²) in [6, 6.07) is 1.16. The number of aliphatic imine (C=N–C) groups is 1. The highest BCUT2D eigenvalue weighted by Gasteiger charge is 2.12. The van der Waals surface area contributed by atoms with E-state index < -0.39 is 0 Å². The predicted octanol–water partition coefficient (Wildman–Crippen LogP) is 2.54. The fraction of sp³-hybridized carbons (Fsp3) is 0.947. The molecule has 0 unspecified atom stereocenters. The molecule has 1 aliphatic rings. The van der Waals surface area contributed by atoms with Gasteiger partial charge in [-0.1, -0.05) is 0 Å². The van der Waals surface area contributed by atoms with Gasteiger partial charge < -0.3 is 15.5 Å². The summed E-state index contributed by atoms with van der Waals surface area (Å²) in [5, 5.41) is 6.84. The highest BCUT2D eigenvalue weighted by molar-refractivity contribution is 5.79. The van der Waals surface area contributed by atoms with Crippen molar-refractivity contribution in [2.75, 3.05) is 45.8 Å². The monoisotopic (exact) mass is 339 g/mol. The van der Waals surface area contributed by atoms with Gasteiger partial charge in [-0.15, -0.1) is 0 Å². The molecule has 24 heavy (non-hydrogen) atoms. The van der Waals surface area contributed by atoms with Gasteiger partial charge >= 0.3 is 0 Å². The molecule has 5 heteroatoms. The summed E-state index contributed by atoms with van der Waals surface area (Å²) in [5.74, 6) is 0.964. The van der Waals surface area contributed by atoms with E-state index in [1.807, 2.05) is 0 Å². The van der Waals surface area contributed by atoms with Crippen molar-refractivity contribution < 1.29 is 0 Å². The molecule has 0 aliphatic carbocycles. The van der Waals surface area contributed by atoms with Crippen molar-refractivity contribution in [3.05, 3.63) is 0 Å². The van der Waals surface area contributed by atoms with E-state index in [1.165, 1.54) is 45.3 Å². The van der Waals surface area contributed by atoms with E-state index in [0.717, 1.165) is 32.1 Å². The lowest BCUT2D eigenvalue weighted by molar-refractivity contribution is 0.178. The molecule has 0 radical (unpaired) electrons. The van der Waals surface area contributed by atoms with Crippen molar-refractivity contribution in [2.24, 2.45) is 4.99 Å². The minimum atomic E-state index is 0.580. The molecule has 5 nitrogen and oxygen atoms in total. The Hall–Kier alpha value is -0.810. The van der Waals surface area contributed by atoms with Gasteiger partial charge in [0.25, 0.3) is 0 Å². The third kappa shape index (κ3) is 8.88. The maximum atomic E-state index is 4.72. The third-order valence-electron chi connectivity index (χ3n) is 4.68. The maximum absolute atomic E-state index is 4.72. The summed E-state index contributed by atoms with van der Waals surface area (Å²) in [7, 11) is 0. The topological polar surface area (TPSA) is 42.9 Å². The van der Waals surface area contributed by atoms with Crippen molar-refractivity contribution in [2.45, 2.75) is 72.4 Å². The molecule has 0 aromatic carbocycles. The first-order valence-electron chi connectivity index (χ1n) is 10.0. The van der Waals surface area contributed by atoms with E-state index in [0.29, 0.717) is 12.1 Å². The minimum absolute atomic E-state index is 0.580. The van der Waals surface area contributed by atoms with Crippen LogP contribution in [0.15, 0.2) is 4.99 Å². The average molecular weight is 340 g/mol. The zero-order valence-electron chi connectivity index (χ0n) is 16.8. The Morgan fingerprint density at radius 2 is 1.71 bits per heavy atom. The maximum Gasteiger partial charge on any atom is 0.191 e. The molecule has 0 amide bonds. The Kier molecular flexibility index (Phi) is 11.1. The van der Waals surface area contributed by atoms with Gasteiger partial charge in [-0.3, -0.25) is 9.89 Å². The molecule has 0 saturated carbocycles. The van der Waals surface area contributed by atoms with Gasteiger partial charge in [0.15, 0.2) is 5.96 Å². The molecular formula is C19H41N5. The zero-order chi connectivity index (χ0) is 17.8. The van der Waals surface area contributed by atoms with E-state index in [1.54, 1.807) is 0 Å². The van der Waals surface area contributed by atoms with Crippen molar-refractivity contribution >= 4 is 5.96 Å². The summed E-state index contributed by atoms with van der Waals surface area (Å²) in [5.41, 5.74) is 0. The molecule has 1 fully saturated rings. The number of unbranched alkanes of at least 4 members (excludes halogenated alkanes) is 1. The SMILES string of the molecule is CCNC(=NCCCCN1CCCC1)NCCN(C(C)C)C(C)C. The average Bonchev–Trinajstić information content (AvgIpc) is 3.03. The largest absolute Gasteiger partial charge is 0.357 e. The molecule has 1 rings (SSSR count). The predicted molar refractivity (Wildman–Crippen MR) is 106 cm³/mol. The quantitative estimate of drug-likeness (QED) is 0.345. The smallest absolute Gasteiger partial charge is 0.191 e. The van der Waals surface area contributed by atoms with E-state index in [4.69, 9.17) is 4.99 Å². The van der Waals surface area contributed by atoms with Crippen LogP contribution in [0.4, 0.5) is 0 Å². The highest BCUT2D eigenvalue weighted by Crippen LogP contribution is 2.08. The number of nitrogens with zero attached hydrogens (tertiary/aromatic N) is 3. The standard InChI is InChI=1S/C19H41N5/c1-6-20-19(22-12-16-24(17(2)3)18(4)5)21-11-7-8-13-23-14-9-10-15-23/h17-18H,6-16H2,1-5H3,(H2,20,21,22). The fourth-order valence-electron chi connectivity index (χ4n) is 3.40. The van der Waals surface area contributed by atoms with Crippen LogP contribution in [0.25, 0.3) is 0 Å². The summed E-state index contributed by atoms with van der Waals surface area (Å²) >= 11 is 0. The van der Waals surface area contributed by atoms with Crippen molar-refractivity contribution in [3.63, 3.8) is 0 Å². The number of likely N-dealkylation sites (tertiary alicyclic amines) is 1. The Bertz CT molecular complexity index is 327. The van der Waals surface area contributed by atoms with E-state index in [9.17, 15) is 0 Å². The number of hydrogen-bond acceptors (Lipinski definition) is 3. The Balaban J connectivity index is 2.23. The first-order valence-corrected chi connectivity index (χ1v) is 10.0. The molecule has 1 saturated heterocycles. The van der Waals surface area contributed by atoms with E-state index in [-0.39, 0.29) is 0 Å². The second-order valence-electron chi connectivity index (χ2n) is 7.37. The van der Waals surface area contributed by atoms with Crippen LogP contribution in [0, 0.1) is 0 Å². The lowest BCUT2D eigenvalue weighted by Crippen LogP contribution is -2.45. The zero-order valence-corrected chi connectivity index (χ0v) is 16.8. The Morgan fingerprint density at radius 1 is 1.04 bits per heavy atom. The lowest BCUT2D eigenvalue weighted by atomic mass is 10.2. The molecule has 0 aromatic rings. The fourth-order valence-corrected chi connectivity index (χ4v) is 3.40. The summed E-state index contributed by atoms with van der Waals surface area (Å²) < 4.78 is 0. The van der Waals surface area contributed by atoms with Crippen LogP contribution in [-0.4, -0.2) is 73.7 Å². The van der Waals surface area contributed by atoms with Gasteiger partial charge in [0.1, 0.15) is 0 Å². The lowest BCUT2D eigenvalue weighted by Gasteiger charge is -2.30. The second kappa shape index (κ2) is 12.5. The van der Waals surface area contributed by atoms with E-state index in [2.05, 4.69) is 55.1 Å². The van der Waals surface area contributed by atoms with Gasteiger partial charge in [0.2, 0.25) is 0 Å². The minimum Gasteiger partial charge on any atom is -0.357 e. The van der Waals surface area contributed by atoms with Crippen LogP contribution in [0.2, 0.25) is 0 Å². The third-order valence-corrected chi connectivity index (χ3v) is 4.68. The molecular weight excluding hydrogens is 298 g/mol. The van der Waals surface area contributed by atoms with E-state index >= 15 is 0 Å². The van der Waals surface area contributed by atoms with Crippen LogP contribution >= 0.6 is 0 Å². The molecule has 0 bridgehead atoms. The second-order valence-corrected chi connectivity index (χ2v) is 7.37. The van der Waals surface area contributed by atoms with Crippen molar-refractivity contribution in [3.8, 4) is 0 Å². The molecule has 2 N–H and O–H groups in total. The number of hydrogen-bond donors (Lipinski definition) is 2. The molecule has 0 atom stereocenters. The van der Waals surface area contributed by atoms with Gasteiger partial charge in [0, 0.05) is 38.3 Å². The molecule has 0 spiro atoms. The number of nitrogens with one attached hydrogen (secondary N) is 2. The van der Waals surface area contributed by atoms with Gasteiger partial charge in [-0.25, -0.2) is 0 Å². The summed E-state index contributed by atoms with van der Waals surface area (Å²) in [6.07, 6.45) is 5.21. The molecule has 0 aromatic heterocycles. The summed E-state index contributed by atoms with van der Waals surface area (Å²) in [6.45, 7) is 18.9.